The maximum atomic E-state index is 12.1. The zero-order valence-corrected chi connectivity index (χ0v) is 14.1. The van der Waals surface area contributed by atoms with E-state index in [1.54, 1.807) is 0 Å². The third-order valence-electron chi connectivity index (χ3n) is 3.12. The van der Waals surface area contributed by atoms with E-state index in [9.17, 15) is 13.2 Å². The van der Waals surface area contributed by atoms with Crippen LogP contribution in [-0.2, 0) is 10.0 Å². The second-order valence-electron chi connectivity index (χ2n) is 4.70. The van der Waals surface area contributed by atoms with Crippen LogP contribution in [0.4, 0.5) is 0 Å². The van der Waals surface area contributed by atoms with Gasteiger partial charge < -0.3 is 10.6 Å². The summed E-state index contributed by atoms with van der Waals surface area (Å²) in [6.45, 7) is 7.07. The molecule has 0 bridgehead atoms. The molecule has 8 heteroatoms. The zero-order valence-electron chi connectivity index (χ0n) is 12.5. The van der Waals surface area contributed by atoms with Gasteiger partial charge in [0.25, 0.3) is 5.91 Å². The first-order valence-electron chi connectivity index (χ1n) is 7.01. The van der Waals surface area contributed by atoms with E-state index in [0.717, 1.165) is 37.3 Å². The minimum absolute atomic E-state index is 0.0953. The summed E-state index contributed by atoms with van der Waals surface area (Å²) in [6.07, 6.45) is 2.22. The topological polar surface area (TPSA) is 92.5 Å². The number of primary amides is 1. The first kappa shape index (κ1) is 18.1. The molecule has 0 aliphatic rings. The highest BCUT2D eigenvalue weighted by Crippen LogP contribution is 2.18. The van der Waals surface area contributed by atoms with E-state index < -0.39 is 15.9 Å². The Morgan fingerprint density at radius 2 is 2.10 bits per heavy atom. The van der Waals surface area contributed by atoms with Crippen molar-refractivity contribution in [3.05, 3.63) is 16.3 Å². The summed E-state index contributed by atoms with van der Waals surface area (Å²) in [5.74, 6) is -0.613. The number of sulfonamides is 1. The van der Waals surface area contributed by atoms with Crippen molar-refractivity contribution in [1.29, 1.82) is 0 Å². The molecule has 1 aromatic heterocycles. The number of hydrogen-bond donors (Lipinski definition) is 2. The number of carbonyl (C=O) groups is 1. The van der Waals surface area contributed by atoms with Gasteiger partial charge in [0.2, 0.25) is 10.0 Å². The predicted molar refractivity (Wildman–Crippen MR) is 85.0 cm³/mol. The molecular formula is C13H23N3O3S2. The smallest absolute Gasteiger partial charge is 0.258 e. The second-order valence-corrected chi connectivity index (χ2v) is 7.37. The number of nitrogens with one attached hydrogen (secondary N) is 1. The molecular weight excluding hydrogens is 310 g/mol. The number of carbonyl (C=O) groups excluding carboxylic acids is 1. The van der Waals surface area contributed by atoms with Crippen molar-refractivity contribution in [3.63, 3.8) is 0 Å². The molecule has 21 heavy (non-hydrogen) atoms. The predicted octanol–water partition coefficient (Wildman–Crippen LogP) is 1.25. The number of thiophene rings is 1. The third-order valence-corrected chi connectivity index (χ3v) is 5.66. The van der Waals surface area contributed by atoms with Gasteiger partial charge in [-0.15, -0.1) is 11.3 Å². The molecule has 0 atom stereocenters. The van der Waals surface area contributed by atoms with Gasteiger partial charge in [-0.25, -0.2) is 13.1 Å². The highest BCUT2D eigenvalue weighted by atomic mass is 32.2. The van der Waals surface area contributed by atoms with Crippen LogP contribution < -0.4 is 10.5 Å². The summed E-state index contributed by atoms with van der Waals surface area (Å²) in [6, 6.07) is 1.31. The molecule has 6 nitrogen and oxygen atoms in total. The van der Waals surface area contributed by atoms with E-state index in [1.807, 2.05) is 0 Å². The SMILES string of the molecule is CCCCN(CC)CCNS(=O)(=O)c1csc(C(N)=O)c1. The van der Waals surface area contributed by atoms with Crippen molar-refractivity contribution in [2.24, 2.45) is 5.73 Å². The van der Waals surface area contributed by atoms with Gasteiger partial charge in [-0.2, -0.15) is 0 Å². The fourth-order valence-corrected chi connectivity index (χ4v) is 3.97. The number of likely N-dealkylation sites (N-methyl/N-ethyl adjacent to an activating group) is 1. The van der Waals surface area contributed by atoms with Crippen molar-refractivity contribution in [2.75, 3.05) is 26.2 Å². The van der Waals surface area contributed by atoms with Gasteiger partial charge >= 0.3 is 0 Å². The van der Waals surface area contributed by atoms with Crippen molar-refractivity contribution in [1.82, 2.24) is 9.62 Å². The first-order valence-corrected chi connectivity index (χ1v) is 9.37. The molecule has 1 aromatic rings. The fourth-order valence-electron chi connectivity index (χ4n) is 1.82. The lowest BCUT2D eigenvalue weighted by atomic mass is 10.3. The average molecular weight is 333 g/mol. The van der Waals surface area contributed by atoms with Gasteiger partial charge in [0.15, 0.2) is 0 Å². The molecule has 120 valence electrons. The van der Waals surface area contributed by atoms with Crippen LogP contribution in [0.25, 0.3) is 0 Å². The molecule has 0 aliphatic carbocycles. The van der Waals surface area contributed by atoms with Gasteiger partial charge in [0.1, 0.15) is 0 Å². The summed E-state index contributed by atoms with van der Waals surface area (Å²) in [7, 11) is -3.57. The molecule has 0 aliphatic heterocycles. The highest BCUT2D eigenvalue weighted by molar-refractivity contribution is 7.89. The Balaban J connectivity index is 2.54. The number of rotatable bonds is 10. The molecule has 0 aromatic carbocycles. The van der Waals surface area contributed by atoms with Crippen LogP contribution in [0.15, 0.2) is 16.3 Å². The van der Waals surface area contributed by atoms with E-state index in [-0.39, 0.29) is 9.77 Å². The number of unbranched alkanes of at least 4 members (excludes halogenated alkanes) is 1. The van der Waals surface area contributed by atoms with E-state index in [0.29, 0.717) is 13.1 Å². The average Bonchev–Trinajstić information content (AvgIpc) is 2.93. The molecule has 0 saturated heterocycles. The maximum Gasteiger partial charge on any atom is 0.258 e. The Labute approximate surface area is 130 Å². The van der Waals surface area contributed by atoms with Crippen LogP contribution in [0.5, 0.6) is 0 Å². The summed E-state index contributed by atoms with van der Waals surface area (Å²) in [4.78, 5) is 13.5. The fraction of sp³-hybridized carbons (Fsp3) is 0.615. The quantitative estimate of drug-likeness (QED) is 0.674. The molecule has 0 unspecified atom stereocenters. The van der Waals surface area contributed by atoms with Crippen molar-refractivity contribution in [2.45, 2.75) is 31.6 Å². The Kier molecular flexibility index (Phi) is 7.30. The number of nitrogens with zero attached hydrogens (tertiary/aromatic N) is 1. The van der Waals surface area contributed by atoms with Gasteiger partial charge in [0, 0.05) is 18.5 Å². The highest BCUT2D eigenvalue weighted by Gasteiger charge is 2.17. The van der Waals surface area contributed by atoms with Gasteiger partial charge in [-0.1, -0.05) is 20.3 Å². The first-order chi connectivity index (χ1) is 9.90. The van der Waals surface area contributed by atoms with Crippen molar-refractivity contribution < 1.29 is 13.2 Å². The summed E-state index contributed by atoms with van der Waals surface area (Å²) >= 11 is 1.04. The summed E-state index contributed by atoms with van der Waals surface area (Å²) in [5.41, 5.74) is 5.12. The van der Waals surface area contributed by atoms with E-state index >= 15 is 0 Å². The van der Waals surface area contributed by atoms with Gasteiger partial charge in [-0.3, -0.25) is 4.79 Å². The molecule has 1 rings (SSSR count). The maximum absolute atomic E-state index is 12.1. The Hall–Kier alpha value is -0.960. The van der Waals surface area contributed by atoms with E-state index in [2.05, 4.69) is 23.5 Å². The lowest BCUT2D eigenvalue weighted by Gasteiger charge is -2.19. The third kappa shape index (κ3) is 5.74. The molecule has 0 radical (unpaired) electrons. The summed E-state index contributed by atoms with van der Waals surface area (Å²) < 4.78 is 26.7. The molecule has 0 saturated carbocycles. The van der Waals surface area contributed by atoms with Gasteiger partial charge in [0.05, 0.1) is 9.77 Å². The van der Waals surface area contributed by atoms with E-state index in [4.69, 9.17) is 5.73 Å². The van der Waals surface area contributed by atoms with Crippen LogP contribution in [-0.4, -0.2) is 45.4 Å². The van der Waals surface area contributed by atoms with Crippen molar-refractivity contribution in [3.8, 4) is 0 Å². The van der Waals surface area contributed by atoms with Crippen LogP contribution in [0, 0.1) is 0 Å². The van der Waals surface area contributed by atoms with Gasteiger partial charge in [-0.05, 0) is 25.6 Å². The minimum atomic E-state index is -3.57. The lowest BCUT2D eigenvalue weighted by molar-refractivity contribution is 0.100. The van der Waals surface area contributed by atoms with Crippen molar-refractivity contribution >= 4 is 27.3 Å². The normalized spacial score (nSPS) is 12.0. The Bertz CT molecular complexity index is 555. The molecule has 1 amide bonds. The largest absolute Gasteiger partial charge is 0.365 e. The monoisotopic (exact) mass is 333 g/mol. The summed E-state index contributed by atoms with van der Waals surface area (Å²) in [5, 5.41) is 1.43. The van der Waals surface area contributed by atoms with Crippen LogP contribution >= 0.6 is 11.3 Å². The van der Waals surface area contributed by atoms with Crippen LogP contribution in [0.1, 0.15) is 36.4 Å². The minimum Gasteiger partial charge on any atom is -0.365 e. The number of hydrogen-bond acceptors (Lipinski definition) is 5. The Morgan fingerprint density at radius 3 is 2.62 bits per heavy atom. The molecule has 3 N–H and O–H groups in total. The molecule has 0 fully saturated rings. The van der Waals surface area contributed by atoms with Crippen LogP contribution in [0.2, 0.25) is 0 Å². The second kappa shape index (κ2) is 8.47. The molecule has 1 heterocycles. The van der Waals surface area contributed by atoms with Crippen LogP contribution in [0.3, 0.4) is 0 Å². The standard InChI is InChI=1S/C13H23N3O3S2/c1-3-5-7-16(4-2)8-6-15-21(18,19)11-9-12(13(14)17)20-10-11/h9-10,15H,3-8H2,1-2H3,(H2,14,17). The number of nitrogens with two attached hydrogens (primary N) is 1. The molecule has 0 spiro atoms. The number of amides is 1. The van der Waals surface area contributed by atoms with E-state index in [1.165, 1.54) is 11.4 Å². The zero-order chi connectivity index (χ0) is 15.9. The lowest BCUT2D eigenvalue weighted by Crippen LogP contribution is -2.35. The Morgan fingerprint density at radius 1 is 1.38 bits per heavy atom.